The zero-order valence-corrected chi connectivity index (χ0v) is 18.2. The van der Waals surface area contributed by atoms with E-state index in [0.717, 1.165) is 15.9 Å². The van der Waals surface area contributed by atoms with Crippen molar-refractivity contribution in [1.29, 1.82) is 5.26 Å². The number of rotatable bonds is 4. The van der Waals surface area contributed by atoms with Crippen LogP contribution in [0.4, 0.5) is 8.78 Å². The molecule has 1 atom stereocenters. The van der Waals surface area contributed by atoms with Crippen LogP contribution in [0.2, 0.25) is 0 Å². The van der Waals surface area contributed by atoms with Gasteiger partial charge in [-0.25, -0.2) is 13.6 Å². The number of carbonyl (C=O) groups excluding carboxylic acids is 1. The van der Waals surface area contributed by atoms with Gasteiger partial charge in [0.2, 0.25) is 0 Å². The van der Waals surface area contributed by atoms with E-state index in [0.29, 0.717) is 0 Å². The van der Waals surface area contributed by atoms with E-state index in [9.17, 15) is 23.6 Å². The molecule has 0 amide bonds. The molecule has 1 aliphatic heterocycles. The summed E-state index contributed by atoms with van der Waals surface area (Å²) in [5.74, 6) is -3.38. The Kier molecular flexibility index (Phi) is 5.94. The summed E-state index contributed by atoms with van der Waals surface area (Å²) < 4.78 is 35.4. The number of fused-ring (bicyclic) bond motifs is 1. The molecule has 0 fully saturated rings. The Labute approximate surface area is 190 Å². The van der Waals surface area contributed by atoms with Crippen molar-refractivity contribution in [2.75, 3.05) is 6.61 Å². The van der Waals surface area contributed by atoms with E-state index in [4.69, 9.17) is 10.5 Å². The van der Waals surface area contributed by atoms with Gasteiger partial charge in [-0.15, -0.1) is 11.3 Å². The van der Waals surface area contributed by atoms with Crippen LogP contribution in [0.5, 0.6) is 0 Å². The number of allylic oxidation sites excluding steroid dienone is 1. The molecule has 2 aromatic carbocycles. The van der Waals surface area contributed by atoms with Crippen LogP contribution in [-0.4, -0.2) is 17.1 Å². The summed E-state index contributed by atoms with van der Waals surface area (Å²) in [6, 6.07) is 13.5. The molecular formula is C24H17F2N3O3S. The maximum Gasteiger partial charge on any atom is 0.338 e. The summed E-state index contributed by atoms with van der Waals surface area (Å²) in [6.07, 6.45) is 1.34. The Bertz CT molecular complexity index is 1530. The number of thiazole rings is 1. The van der Waals surface area contributed by atoms with Gasteiger partial charge in [0, 0.05) is 11.1 Å². The molecule has 0 aliphatic carbocycles. The van der Waals surface area contributed by atoms with E-state index in [-0.39, 0.29) is 43.9 Å². The molecule has 4 rings (SSSR count). The highest BCUT2D eigenvalue weighted by atomic mass is 32.1. The minimum atomic E-state index is -1.17. The Morgan fingerprint density at radius 1 is 1.21 bits per heavy atom. The molecular weight excluding hydrogens is 448 g/mol. The molecule has 2 N–H and O–H groups in total. The summed E-state index contributed by atoms with van der Waals surface area (Å²) in [5.41, 5.74) is 5.55. The topological polar surface area (TPSA) is 98.1 Å². The standard InChI is InChI=1S/C24H17F2N3O3S/c1-2-32-24(31)20-19(14-8-4-6-10-17(14)26)15(12-27)21(28)29-22(30)18(33-23(20)29)11-13-7-3-5-9-16(13)25/h3-11,19H,2,28H2,1H3/b18-11-. The van der Waals surface area contributed by atoms with E-state index in [1.807, 2.05) is 6.07 Å². The molecule has 0 radical (unpaired) electrons. The predicted octanol–water partition coefficient (Wildman–Crippen LogP) is 2.18. The minimum absolute atomic E-state index is 0.0250. The van der Waals surface area contributed by atoms with Crippen LogP contribution in [0.15, 0.2) is 58.9 Å². The molecule has 3 aromatic rings. The fourth-order valence-electron chi connectivity index (χ4n) is 3.71. The quantitative estimate of drug-likeness (QED) is 0.596. The van der Waals surface area contributed by atoms with Gasteiger partial charge >= 0.3 is 5.97 Å². The van der Waals surface area contributed by atoms with Crippen molar-refractivity contribution in [3.63, 3.8) is 0 Å². The van der Waals surface area contributed by atoms with Crippen LogP contribution in [0, 0.1) is 23.0 Å². The van der Waals surface area contributed by atoms with Gasteiger partial charge in [0.1, 0.15) is 22.1 Å². The molecule has 6 nitrogen and oxygen atoms in total. The zero-order valence-electron chi connectivity index (χ0n) is 17.3. The maximum atomic E-state index is 14.8. The van der Waals surface area contributed by atoms with Gasteiger partial charge in [-0.2, -0.15) is 5.26 Å². The van der Waals surface area contributed by atoms with Crippen molar-refractivity contribution >= 4 is 34.8 Å². The number of benzene rings is 2. The monoisotopic (exact) mass is 465 g/mol. The van der Waals surface area contributed by atoms with Crippen LogP contribution in [0.3, 0.4) is 0 Å². The third kappa shape index (κ3) is 3.75. The van der Waals surface area contributed by atoms with Crippen LogP contribution in [-0.2, 0) is 9.53 Å². The number of nitrogens with zero attached hydrogens (tertiary/aromatic N) is 2. The fraction of sp³-hybridized carbons (Fsp3) is 0.125. The summed E-state index contributed by atoms with van der Waals surface area (Å²) >= 11 is 0.893. The van der Waals surface area contributed by atoms with E-state index in [1.165, 1.54) is 42.5 Å². The summed E-state index contributed by atoms with van der Waals surface area (Å²) in [5, 5.41) is 9.86. The molecule has 0 bridgehead atoms. The molecule has 1 aliphatic rings. The van der Waals surface area contributed by atoms with Gasteiger partial charge < -0.3 is 10.5 Å². The first kappa shape index (κ1) is 22.2. The van der Waals surface area contributed by atoms with Crippen molar-refractivity contribution < 1.29 is 18.3 Å². The van der Waals surface area contributed by atoms with Crippen LogP contribution in [0.1, 0.15) is 24.0 Å². The summed E-state index contributed by atoms with van der Waals surface area (Å²) in [7, 11) is 0. The Balaban J connectivity index is 2.14. The van der Waals surface area contributed by atoms with Crippen molar-refractivity contribution in [3.8, 4) is 6.07 Å². The Hall–Kier alpha value is -4.03. The number of hydrogen-bond acceptors (Lipinski definition) is 6. The predicted molar refractivity (Wildman–Crippen MR) is 120 cm³/mol. The lowest BCUT2D eigenvalue weighted by atomic mass is 9.83. The third-order valence-corrected chi connectivity index (χ3v) is 6.28. The highest BCUT2D eigenvalue weighted by Crippen LogP contribution is 2.37. The van der Waals surface area contributed by atoms with Crippen LogP contribution >= 0.6 is 11.3 Å². The largest absolute Gasteiger partial charge is 0.463 e. The normalized spacial score (nSPS) is 15.9. The number of aromatic nitrogens is 1. The highest BCUT2D eigenvalue weighted by Gasteiger charge is 2.37. The Morgan fingerprint density at radius 3 is 2.52 bits per heavy atom. The number of carbonyl (C=O) groups is 1. The number of ether oxygens (including phenoxy) is 1. The number of halogens is 2. The summed E-state index contributed by atoms with van der Waals surface area (Å²) in [6.45, 7) is 1.63. The molecule has 166 valence electrons. The lowest BCUT2D eigenvalue weighted by molar-refractivity contribution is -0.136. The minimum Gasteiger partial charge on any atom is -0.463 e. The van der Waals surface area contributed by atoms with Gasteiger partial charge in [-0.3, -0.25) is 9.36 Å². The lowest BCUT2D eigenvalue weighted by Gasteiger charge is -2.24. The van der Waals surface area contributed by atoms with Crippen molar-refractivity contribution in [1.82, 2.24) is 4.57 Å². The van der Waals surface area contributed by atoms with Gasteiger partial charge in [0.25, 0.3) is 5.56 Å². The van der Waals surface area contributed by atoms with Crippen molar-refractivity contribution in [2.45, 2.75) is 12.8 Å². The maximum absolute atomic E-state index is 14.8. The SMILES string of the molecule is CCOC(=O)C1=c2s/c(=C\c3ccccc3F)c(=O)n2C(N)=C(C#N)C1c1ccccc1F. The molecule has 33 heavy (non-hydrogen) atoms. The number of esters is 1. The van der Waals surface area contributed by atoms with Gasteiger partial charge in [-0.05, 0) is 25.1 Å². The molecule has 1 aromatic heterocycles. The van der Waals surface area contributed by atoms with E-state index in [1.54, 1.807) is 19.1 Å². The molecule has 0 saturated carbocycles. The average molecular weight is 465 g/mol. The molecule has 0 spiro atoms. The fourth-order valence-corrected chi connectivity index (χ4v) is 4.86. The molecule has 0 saturated heterocycles. The second kappa shape index (κ2) is 8.84. The average Bonchev–Trinajstić information content (AvgIpc) is 3.11. The molecule has 1 unspecified atom stereocenters. The Morgan fingerprint density at radius 2 is 1.88 bits per heavy atom. The van der Waals surface area contributed by atoms with E-state index >= 15 is 0 Å². The second-order valence-corrected chi connectivity index (χ2v) is 8.11. The van der Waals surface area contributed by atoms with Crippen molar-refractivity contribution in [3.05, 3.63) is 96.4 Å². The van der Waals surface area contributed by atoms with Crippen LogP contribution < -0.4 is 20.5 Å². The first-order valence-corrected chi connectivity index (χ1v) is 10.7. The van der Waals surface area contributed by atoms with Gasteiger partial charge in [-0.1, -0.05) is 36.4 Å². The first-order chi connectivity index (χ1) is 15.9. The first-order valence-electron chi connectivity index (χ1n) is 9.93. The lowest BCUT2D eigenvalue weighted by Crippen LogP contribution is -2.40. The molecule has 9 heteroatoms. The third-order valence-electron chi connectivity index (χ3n) is 5.17. The zero-order chi connectivity index (χ0) is 23.7. The number of hydrogen-bond donors (Lipinski definition) is 1. The summed E-state index contributed by atoms with van der Waals surface area (Å²) in [4.78, 5) is 26.2. The van der Waals surface area contributed by atoms with Gasteiger partial charge in [0.05, 0.1) is 34.3 Å². The smallest absolute Gasteiger partial charge is 0.338 e. The van der Waals surface area contributed by atoms with Crippen molar-refractivity contribution in [2.24, 2.45) is 5.73 Å². The number of nitriles is 1. The second-order valence-electron chi connectivity index (χ2n) is 7.08. The van der Waals surface area contributed by atoms with E-state index in [2.05, 4.69) is 0 Å². The molecule has 2 heterocycles. The van der Waals surface area contributed by atoms with E-state index < -0.39 is 29.1 Å². The highest BCUT2D eigenvalue weighted by molar-refractivity contribution is 7.07. The van der Waals surface area contributed by atoms with Crippen LogP contribution in [0.25, 0.3) is 17.5 Å². The van der Waals surface area contributed by atoms with Gasteiger partial charge in [0.15, 0.2) is 0 Å². The number of nitrogens with two attached hydrogens (primary N) is 1.